The van der Waals surface area contributed by atoms with Crippen LogP contribution in [-0.4, -0.2) is 41.3 Å². The molecule has 1 unspecified atom stereocenters. The fourth-order valence-electron chi connectivity index (χ4n) is 2.03. The summed E-state index contributed by atoms with van der Waals surface area (Å²) < 4.78 is 28.5. The van der Waals surface area contributed by atoms with Gasteiger partial charge in [0, 0.05) is 0 Å². The molecule has 22 heavy (non-hydrogen) atoms. The quantitative estimate of drug-likeness (QED) is 0.678. The number of aromatic nitrogens is 3. The van der Waals surface area contributed by atoms with Gasteiger partial charge in [-0.2, -0.15) is 0 Å². The van der Waals surface area contributed by atoms with Gasteiger partial charge in [0.1, 0.15) is 23.0 Å². The van der Waals surface area contributed by atoms with E-state index in [9.17, 15) is 13.2 Å². The zero-order chi connectivity index (χ0) is 16.9. The Morgan fingerprint density at radius 3 is 2.45 bits per heavy atom. The number of alkyl carbamates (subject to hydrolysis) is 1. The number of ether oxygens (including phenoxy) is 1. The Morgan fingerprint density at radius 1 is 1.41 bits per heavy atom. The summed E-state index contributed by atoms with van der Waals surface area (Å²) in [5.74, 6) is 0.387. The Kier molecular flexibility index (Phi) is 6.34. The van der Waals surface area contributed by atoms with Crippen molar-refractivity contribution in [3.8, 4) is 0 Å². The monoisotopic (exact) mass is 332 g/mol. The van der Waals surface area contributed by atoms with Gasteiger partial charge >= 0.3 is 6.09 Å². The molecule has 1 aromatic rings. The Balaban J connectivity index is 2.97. The molecule has 0 spiro atoms. The lowest BCUT2D eigenvalue weighted by molar-refractivity contribution is 0.0497. The van der Waals surface area contributed by atoms with Crippen LogP contribution in [0.3, 0.4) is 0 Å². The van der Waals surface area contributed by atoms with E-state index in [1.54, 1.807) is 20.8 Å². The van der Waals surface area contributed by atoms with E-state index in [0.29, 0.717) is 6.42 Å². The number of carbonyl (C=O) groups is 1. The summed E-state index contributed by atoms with van der Waals surface area (Å²) in [5.41, 5.74) is -0.659. The van der Waals surface area contributed by atoms with Crippen LogP contribution in [0.15, 0.2) is 6.33 Å². The van der Waals surface area contributed by atoms with E-state index in [0.717, 1.165) is 0 Å². The molecular formula is C13H24N4O4S. The minimum atomic E-state index is -2.85. The van der Waals surface area contributed by atoms with Crippen LogP contribution in [0.4, 0.5) is 4.79 Å². The summed E-state index contributed by atoms with van der Waals surface area (Å²) in [6.45, 7) is 9.11. The van der Waals surface area contributed by atoms with Crippen LogP contribution >= 0.6 is 0 Å². The third-order valence-electron chi connectivity index (χ3n) is 2.75. The van der Waals surface area contributed by atoms with E-state index in [-0.39, 0.29) is 11.7 Å². The van der Waals surface area contributed by atoms with Crippen molar-refractivity contribution in [2.75, 3.05) is 0 Å². The van der Waals surface area contributed by atoms with Crippen LogP contribution in [0, 0.1) is 5.92 Å². The molecule has 0 radical (unpaired) electrons. The standard InChI is InChI=1S/C13H24N4O4S/c1-8(2)6-9(16-12(18)21-13(3,4)5)10(22(19)20)11-14-7-15-17-11/h7-10,22H,6H2,1-5H3,(H,16,18)(H,14,15,17)/t9-,10?/m0/s1. The van der Waals surface area contributed by atoms with Crippen molar-refractivity contribution in [3.05, 3.63) is 12.2 Å². The second-order valence-electron chi connectivity index (χ2n) is 6.49. The molecule has 2 N–H and O–H groups in total. The minimum Gasteiger partial charge on any atom is -0.444 e. The number of H-pyrrole nitrogens is 1. The third-order valence-corrected chi connectivity index (χ3v) is 3.81. The summed E-state index contributed by atoms with van der Waals surface area (Å²) in [5, 5.41) is 9.04. The van der Waals surface area contributed by atoms with Gasteiger partial charge in [-0.25, -0.2) is 13.2 Å². The molecule has 1 aromatic heterocycles. The topological polar surface area (TPSA) is 114 Å². The first-order valence-electron chi connectivity index (χ1n) is 7.09. The molecule has 9 heteroatoms. The molecule has 0 aliphatic rings. The Hall–Kier alpha value is -1.64. The lowest BCUT2D eigenvalue weighted by Crippen LogP contribution is -2.43. The highest BCUT2D eigenvalue weighted by Gasteiger charge is 2.32. The third kappa shape index (κ3) is 6.00. The van der Waals surface area contributed by atoms with Gasteiger partial charge in [0.15, 0.2) is 10.7 Å². The molecule has 0 bridgehead atoms. The van der Waals surface area contributed by atoms with E-state index in [4.69, 9.17) is 4.74 Å². The van der Waals surface area contributed by atoms with Gasteiger partial charge in [0.25, 0.3) is 0 Å². The van der Waals surface area contributed by atoms with Crippen LogP contribution in [0.1, 0.15) is 52.1 Å². The fraction of sp³-hybridized carbons (Fsp3) is 0.769. The van der Waals surface area contributed by atoms with Gasteiger partial charge in [-0.15, -0.1) is 10.2 Å². The maximum atomic E-state index is 12.0. The smallest absolute Gasteiger partial charge is 0.407 e. The van der Waals surface area contributed by atoms with Gasteiger partial charge in [-0.1, -0.05) is 13.8 Å². The van der Waals surface area contributed by atoms with Gasteiger partial charge in [0.2, 0.25) is 0 Å². The van der Waals surface area contributed by atoms with Gasteiger partial charge in [-0.3, -0.25) is 0 Å². The molecule has 2 atom stereocenters. The molecule has 0 saturated carbocycles. The zero-order valence-corrected chi connectivity index (χ0v) is 14.4. The van der Waals surface area contributed by atoms with Crippen LogP contribution < -0.4 is 5.32 Å². The number of nitrogens with one attached hydrogen (secondary N) is 2. The number of rotatable bonds is 6. The van der Waals surface area contributed by atoms with Gasteiger partial charge < -0.3 is 15.0 Å². The number of thiol groups is 1. The van der Waals surface area contributed by atoms with Crippen molar-refractivity contribution in [2.24, 2.45) is 5.92 Å². The van der Waals surface area contributed by atoms with Crippen LogP contribution in [-0.2, 0) is 15.4 Å². The molecule has 126 valence electrons. The first kappa shape index (κ1) is 18.4. The number of hydrogen-bond acceptors (Lipinski definition) is 6. The highest BCUT2D eigenvalue weighted by atomic mass is 32.2. The van der Waals surface area contributed by atoms with E-state index in [2.05, 4.69) is 20.5 Å². The van der Waals surface area contributed by atoms with Crippen LogP contribution in [0.2, 0.25) is 0 Å². The van der Waals surface area contributed by atoms with Gasteiger partial charge in [0.05, 0.1) is 6.04 Å². The molecule has 1 amide bonds. The van der Waals surface area contributed by atoms with Gasteiger partial charge in [-0.05, 0) is 33.1 Å². The summed E-state index contributed by atoms with van der Waals surface area (Å²) in [4.78, 5) is 14.7. The highest BCUT2D eigenvalue weighted by molar-refractivity contribution is 7.72. The lowest BCUT2D eigenvalue weighted by atomic mass is 10.0. The fourth-order valence-corrected chi connectivity index (χ4v) is 2.85. The van der Waals surface area contributed by atoms with Crippen molar-refractivity contribution in [2.45, 2.75) is 57.9 Å². The molecule has 0 fully saturated rings. The van der Waals surface area contributed by atoms with Crippen LogP contribution in [0.25, 0.3) is 0 Å². The summed E-state index contributed by atoms with van der Waals surface area (Å²) in [7, 11) is -2.85. The SMILES string of the molecule is CC(C)C[C@H](NC(=O)OC(C)(C)C)C(c1nnc[nH]1)[SH](=O)=O. The number of nitrogens with zero attached hydrogens (tertiary/aromatic N) is 2. The van der Waals surface area contributed by atoms with E-state index in [1.165, 1.54) is 6.33 Å². The minimum absolute atomic E-state index is 0.181. The van der Waals surface area contributed by atoms with Crippen molar-refractivity contribution < 1.29 is 17.9 Å². The Morgan fingerprint density at radius 2 is 2.05 bits per heavy atom. The first-order chi connectivity index (χ1) is 10.1. The average molecular weight is 332 g/mol. The van der Waals surface area contributed by atoms with E-state index < -0.39 is 33.7 Å². The van der Waals surface area contributed by atoms with Crippen molar-refractivity contribution in [1.29, 1.82) is 0 Å². The molecule has 0 aliphatic heterocycles. The summed E-state index contributed by atoms with van der Waals surface area (Å²) >= 11 is 0. The second-order valence-corrected chi connectivity index (χ2v) is 7.61. The van der Waals surface area contributed by atoms with Crippen molar-refractivity contribution >= 4 is 16.8 Å². The van der Waals surface area contributed by atoms with E-state index in [1.807, 2.05) is 13.8 Å². The van der Waals surface area contributed by atoms with E-state index >= 15 is 0 Å². The lowest BCUT2D eigenvalue weighted by Gasteiger charge is -2.26. The van der Waals surface area contributed by atoms with Crippen molar-refractivity contribution in [1.82, 2.24) is 20.5 Å². The largest absolute Gasteiger partial charge is 0.444 e. The average Bonchev–Trinajstić information content (AvgIpc) is 2.77. The number of carbonyl (C=O) groups excluding carboxylic acids is 1. The predicted molar refractivity (Wildman–Crippen MR) is 82.1 cm³/mol. The summed E-state index contributed by atoms with van der Waals surface area (Å²) in [6, 6.07) is -0.649. The molecular weight excluding hydrogens is 308 g/mol. The Bertz CT molecular complexity index is 541. The molecule has 1 heterocycles. The molecule has 1 rings (SSSR count). The Labute approximate surface area is 132 Å². The maximum Gasteiger partial charge on any atom is 0.407 e. The zero-order valence-electron chi connectivity index (χ0n) is 13.5. The predicted octanol–water partition coefficient (Wildman–Crippen LogP) is 1.40. The first-order valence-corrected chi connectivity index (χ1v) is 8.33. The van der Waals surface area contributed by atoms with Crippen molar-refractivity contribution in [3.63, 3.8) is 0 Å². The summed E-state index contributed by atoms with van der Waals surface area (Å²) in [6.07, 6.45) is 1.12. The normalized spacial score (nSPS) is 14.9. The number of hydrogen-bond donors (Lipinski definition) is 3. The highest BCUT2D eigenvalue weighted by Crippen LogP contribution is 2.22. The molecule has 0 saturated heterocycles. The maximum absolute atomic E-state index is 12.0. The molecule has 8 nitrogen and oxygen atoms in total. The second kappa shape index (κ2) is 7.57. The van der Waals surface area contributed by atoms with Crippen LogP contribution in [0.5, 0.6) is 0 Å². The molecule has 0 aromatic carbocycles. The number of aromatic amines is 1. The molecule has 0 aliphatic carbocycles. The number of amides is 1.